The fourth-order valence-electron chi connectivity index (χ4n) is 3.81. The zero-order valence-corrected chi connectivity index (χ0v) is 17.7. The molecule has 1 aliphatic rings. The summed E-state index contributed by atoms with van der Waals surface area (Å²) in [5, 5.41) is 4.81. The van der Waals surface area contributed by atoms with Gasteiger partial charge in [-0.05, 0) is 45.7 Å². The standard InChI is InChI=1S/C23H26N2O5/c1-23(2,3)30-22(27)25-11-7-9-17(25)21(26)24-16-13-19-15(12-20(16)28-4)14-8-5-6-10-18(14)29-19/h5-6,8,10,12-13,17H,7,9,11H2,1-4H3,(H,24,26)/t17-/m0/s1. The van der Waals surface area contributed by atoms with E-state index in [-0.39, 0.29) is 5.91 Å². The Morgan fingerprint density at radius 3 is 2.63 bits per heavy atom. The van der Waals surface area contributed by atoms with Crippen molar-refractivity contribution < 1.29 is 23.5 Å². The molecule has 7 heteroatoms. The van der Waals surface area contributed by atoms with Gasteiger partial charge in [-0.1, -0.05) is 18.2 Å². The molecule has 30 heavy (non-hydrogen) atoms. The molecule has 0 radical (unpaired) electrons. The number of hydrogen-bond acceptors (Lipinski definition) is 5. The number of amides is 2. The zero-order valence-electron chi connectivity index (χ0n) is 17.7. The Morgan fingerprint density at radius 1 is 1.13 bits per heavy atom. The highest BCUT2D eigenvalue weighted by atomic mass is 16.6. The Hall–Kier alpha value is -3.22. The van der Waals surface area contributed by atoms with Gasteiger partial charge in [0.05, 0.1) is 12.8 Å². The number of benzene rings is 2. The molecule has 4 rings (SSSR count). The van der Waals surface area contributed by atoms with Crippen LogP contribution in [0.4, 0.5) is 10.5 Å². The fourth-order valence-corrected chi connectivity index (χ4v) is 3.81. The van der Waals surface area contributed by atoms with E-state index in [0.29, 0.717) is 30.0 Å². The molecule has 0 aliphatic carbocycles. The number of methoxy groups -OCH3 is 1. The van der Waals surface area contributed by atoms with Gasteiger partial charge in [-0.15, -0.1) is 0 Å². The third-order valence-corrected chi connectivity index (χ3v) is 5.14. The molecule has 0 saturated carbocycles. The minimum absolute atomic E-state index is 0.271. The van der Waals surface area contributed by atoms with Crippen molar-refractivity contribution in [2.24, 2.45) is 0 Å². The molecule has 0 spiro atoms. The Morgan fingerprint density at radius 2 is 1.90 bits per heavy atom. The highest BCUT2D eigenvalue weighted by molar-refractivity contribution is 6.08. The number of rotatable bonds is 3. The molecule has 1 N–H and O–H groups in total. The number of likely N-dealkylation sites (tertiary alicyclic amines) is 1. The number of furan rings is 1. The number of anilines is 1. The van der Waals surface area contributed by atoms with Crippen LogP contribution in [0.2, 0.25) is 0 Å². The Labute approximate surface area is 174 Å². The van der Waals surface area contributed by atoms with Gasteiger partial charge >= 0.3 is 6.09 Å². The third-order valence-electron chi connectivity index (χ3n) is 5.14. The van der Waals surface area contributed by atoms with E-state index >= 15 is 0 Å². The van der Waals surface area contributed by atoms with Gasteiger partial charge in [0.2, 0.25) is 5.91 Å². The van der Waals surface area contributed by atoms with Crippen molar-refractivity contribution in [1.29, 1.82) is 0 Å². The van der Waals surface area contributed by atoms with Crippen LogP contribution in [0.25, 0.3) is 21.9 Å². The fraction of sp³-hybridized carbons (Fsp3) is 0.391. The summed E-state index contributed by atoms with van der Waals surface area (Å²) < 4.78 is 16.9. The van der Waals surface area contributed by atoms with Crippen LogP contribution in [-0.2, 0) is 9.53 Å². The van der Waals surface area contributed by atoms with Gasteiger partial charge in [0.1, 0.15) is 28.6 Å². The summed E-state index contributed by atoms with van der Waals surface area (Å²) in [6.45, 7) is 5.92. The Bertz CT molecular complexity index is 1110. The maximum atomic E-state index is 13.0. The summed E-state index contributed by atoms with van der Waals surface area (Å²) in [6, 6.07) is 10.8. The maximum Gasteiger partial charge on any atom is 0.410 e. The lowest BCUT2D eigenvalue weighted by Gasteiger charge is -2.28. The topological polar surface area (TPSA) is 81.0 Å². The van der Waals surface area contributed by atoms with Crippen LogP contribution in [-0.4, -0.2) is 42.2 Å². The van der Waals surface area contributed by atoms with Crippen molar-refractivity contribution in [3.05, 3.63) is 36.4 Å². The van der Waals surface area contributed by atoms with Gasteiger partial charge < -0.3 is 19.2 Å². The minimum atomic E-state index is -0.615. The summed E-state index contributed by atoms with van der Waals surface area (Å²) in [5.41, 5.74) is 1.31. The largest absolute Gasteiger partial charge is 0.495 e. The normalized spacial score (nSPS) is 16.8. The van der Waals surface area contributed by atoms with Crippen molar-refractivity contribution in [3.8, 4) is 5.75 Å². The smallest absolute Gasteiger partial charge is 0.410 e. The molecular formula is C23H26N2O5. The van der Waals surface area contributed by atoms with E-state index in [2.05, 4.69) is 5.32 Å². The molecule has 3 aromatic rings. The minimum Gasteiger partial charge on any atom is -0.495 e. The van der Waals surface area contributed by atoms with Crippen LogP contribution in [0.5, 0.6) is 5.75 Å². The predicted octanol–water partition coefficient (Wildman–Crippen LogP) is 4.93. The summed E-state index contributed by atoms with van der Waals surface area (Å²) in [7, 11) is 1.56. The second kappa shape index (κ2) is 7.55. The van der Waals surface area contributed by atoms with E-state index in [9.17, 15) is 9.59 Å². The van der Waals surface area contributed by atoms with Crippen LogP contribution in [0.1, 0.15) is 33.6 Å². The highest BCUT2D eigenvalue weighted by Crippen LogP contribution is 2.36. The first-order chi connectivity index (χ1) is 14.3. The summed E-state index contributed by atoms with van der Waals surface area (Å²) in [4.78, 5) is 27.0. The van der Waals surface area contributed by atoms with E-state index in [1.807, 2.05) is 51.1 Å². The first-order valence-corrected chi connectivity index (χ1v) is 10.1. The number of carbonyl (C=O) groups is 2. The molecule has 0 bridgehead atoms. The molecular weight excluding hydrogens is 384 g/mol. The van der Waals surface area contributed by atoms with Crippen LogP contribution in [0.3, 0.4) is 0 Å². The van der Waals surface area contributed by atoms with Crippen LogP contribution >= 0.6 is 0 Å². The molecule has 0 unspecified atom stereocenters. The van der Waals surface area contributed by atoms with Gasteiger partial charge in [0.15, 0.2) is 0 Å². The third kappa shape index (κ3) is 3.79. The molecule has 1 atom stereocenters. The SMILES string of the molecule is COc1cc2c(cc1NC(=O)[C@@H]1CCCN1C(=O)OC(C)(C)C)oc1ccccc12. The van der Waals surface area contributed by atoms with E-state index < -0.39 is 17.7 Å². The first-order valence-electron chi connectivity index (χ1n) is 10.1. The van der Waals surface area contributed by atoms with Crippen LogP contribution in [0, 0.1) is 0 Å². The Balaban J connectivity index is 1.60. The number of ether oxygens (including phenoxy) is 2. The van der Waals surface area contributed by atoms with E-state index in [1.165, 1.54) is 4.90 Å². The molecule has 7 nitrogen and oxygen atoms in total. The summed E-state index contributed by atoms with van der Waals surface area (Å²) in [5.74, 6) is 0.260. The lowest BCUT2D eigenvalue weighted by atomic mass is 10.1. The molecule has 1 aromatic heterocycles. The van der Waals surface area contributed by atoms with E-state index in [0.717, 1.165) is 22.8 Å². The molecule has 158 valence electrons. The van der Waals surface area contributed by atoms with Gasteiger partial charge in [-0.2, -0.15) is 0 Å². The Kier molecular flexibility index (Phi) is 5.05. The summed E-state index contributed by atoms with van der Waals surface area (Å²) in [6.07, 6.45) is 0.858. The van der Waals surface area contributed by atoms with Crippen molar-refractivity contribution in [2.45, 2.75) is 45.3 Å². The van der Waals surface area contributed by atoms with Gasteiger partial charge in [0.25, 0.3) is 0 Å². The number of fused-ring (bicyclic) bond motifs is 3. The average molecular weight is 410 g/mol. The number of para-hydroxylation sites is 1. The van der Waals surface area contributed by atoms with E-state index in [1.54, 1.807) is 13.2 Å². The molecule has 1 saturated heterocycles. The van der Waals surface area contributed by atoms with Crippen molar-refractivity contribution in [2.75, 3.05) is 19.0 Å². The highest BCUT2D eigenvalue weighted by Gasteiger charge is 2.37. The molecule has 2 aromatic carbocycles. The van der Waals surface area contributed by atoms with E-state index in [4.69, 9.17) is 13.9 Å². The first kappa shape index (κ1) is 20.1. The number of carbonyl (C=O) groups excluding carboxylic acids is 2. The summed E-state index contributed by atoms with van der Waals surface area (Å²) >= 11 is 0. The lowest BCUT2D eigenvalue weighted by Crippen LogP contribution is -2.45. The number of hydrogen-bond donors (Lipinski definition) is 1. The van der Waals surface area contributed by atoms with Gasteiger partial charge in [0, 0.05) is 23.4 Å². The average Bonchev–Trinajstić information content (AvgIpc) is 3.30. The number of nitrogens with zero attached hydrogens (tertiary/aromatic N) is 1. The second-order valence-corrected chi connectivity index (χ2v) is 8.47. The van der Waals surface area contributed by atoms with Crippen LogP contribution < -0.4 is 10.1 Å². The monoisotopic (exact) mass is 410 g/mol. The molecule has 1 fully saturated rings. The number of nitrogens with one attached hydrogen (secondary N) is 1. The lowest BCUT2D eigenvalue weighted by molar-refractivity contribution is -0.120. The van der Waals surface area contributed by atoms with Gasteiger partial charge in [-0.3, -0.25) is 9.69 Å². The predicted molar refractivity (Wildman–Crippen MR) is 115 cm³/mol. The van der Waals surface area contributed by atoms with Crippen molar-refractivity contribution >= 4 is 39.6 Å². The molecule has 2 amide bonds. The molecule has 2 heterocycles. The van der Waals surface area contributed by atoms with Crippen molar-refractivity contribution in [1.82, 2.24) is 4.90 Å². The van der Waals surface area contributed by atoms with Crippen molar-refractivity contribution in [3.63, 3.8) is 0 Å². The van der Waals surface area contributed by atoms with Gasteiger partial charge in [-0.25, -0.2) is 4.79 Å². The quantitative estimate of drug-likeness (QED) is 0.662. The second-order valence-electron chi connectivity index (χ2n) is 8.47. The zero-order chi connectivity index (χ0) is 21.5. The maximum absolute atomic E-state index is 13.0. The molecule has 1 aliphatic heterocycles. The van der Waals surface area contributed by atoms with Crippen LogP contribution in [0.15, 0.2) is 40.8 Å².